The van der Waals surface area contributed by atoms with Gasteiger partial charge in [0.05, 0.1) is 7.32 Å². The van der Waals surface area contributed by atoms with Crippen LogP contribution in [0, 0.1) is 0 Å². The fraction of sp³-hybridized carbons (Fsp3) is 0. The van der Waals surface area contributed by atoms with E-state index in [1.165, 1.54) is 0 Å². The van der Waals surface area contributed by atoms with E-state index in [-0.39, 0.29) is 54.6 Å². The summed E-state index contributed by atoms with van der Waals surface area (Å²) >= 11 is 0. The molecule has 0 radical (unpaired) electrons. The molecule has 0 aromatic carbocycles. The third-order valence-electron chi connectivity index (χ3n) is 0. The first-order valence-corrected chi connectivity index (χ1v) is 0.730. The molecular formula is HBO3Tl2. The van der Waals surface area contributed by atoms with Crippen LogP contribution < -0.4 is 10.0 Å². The molecule has 1 N–H and O–H groups in total. The Hall–Kier alpha value is 1.79. The normalized spacial score (nSPS) is 4.50. The van der Waals surface area contributed by atoms with Gasteiger partial charge in [0.2, 0.25) is 0 Å². The smallest absolute Gasteiger partial charge is 0.871 e. The van der Waals surface area contributed by atoms with Crippen LogP contribution in [0.4, 0.5) is 0 Å². The molecule has 0 unspecified atom stereocenters. The van der Waals surface area contributed by atoms with Crippen LogP contribution in [-0.4, -0.2) is 66.9 Å². The van der Waals surface area contributed by atoms with E-state index in [0.29, 0.717) is 0 Å². The first kappa shape index (κ1) is 15.7. The molecule has 0 fully saturated rings. The number of hydrogen-bond acceptors (Lipinski definition) is 3. The zero-order valence-electron chi connectivity index (χ0n) is 3.00. The van der Waals surface area contributed by atoms with Gasteiger partial charge in [-0.25, -0.2) is 0 Å². The van der Waals surface area contributed by atoms with Crippen molar-refractivity contribution in [2.45, 2.75) is 0 Å². The monoisotopic (exact) mass is 470 g/mol. The molecule has 0 aliphatic heterocycles. The summed E-state index contributed by atoms with van der Waals surface area (Å²) in [6.45, 7) is 0. The Bertz CT molecular complexity index is 13.5. The molecule has 3 nitrogen and oxygen atoms in total. The van der Waals surface area contributed by atoms with Gasteiger partial charge in [-0.2, -0.15) is 0 Å². The second-order valence-corrected chi connectivity index (χ2v) is 0.307. The minimum absolute atomic E-state index is 0. The van der Waals surface area contributed by atoms with Gasteiger partial charge in [-0.05, 0) is 0 Å². The van der Waals surface area contributed by atoms with Crippen molar-refractivity contribution in [3.63, 3.8) is 0 Å². The molecule has 0 bridgehead atoms. The maximum Gasteiger partial charge on any atom is 1.00 e. The summed E-state index contributed by atoms with van der Waals surface area (Å²) in [7, 11) is -2.67. The van der Waals surface area contributed by atoms with Crippen molar-refractivity contribution in [3.8, 4) is 0 Å². The summed E-state index contributed by atoms with van der Waals surface area (Å²) in [5.41, 5.74) is 0. The Kier molecular flexibility index (Phi) is 25.9. The molecule has 0 spiro atoms. The predicted molar refractivity (Wildman–Crippen MR) is 19.5 cm³/mol. The summed E-state index contributed by atoms with van der Waals surface area (Å²) in [6.07, 6.45) is 0. The van der Waals surface area contributed by atoms with Gasteiger partial charge in [0.25, 0.3) is 0 Å². The van der Waals surface area contributed by atoms with E-state index < -0.39 is 7.32 Å². The van der Waals surface area contributed by atoms with Crippen molar-refractivity contribution in [2.24, 2.45) is 0 Å². The van der Waals surface area contributed by atoms with Crippen LogP contribution in [0.1, 0.15) is 0 Å². The molecule has 0 saturated heterocycles. The van der Waals surface area contributed by atoms with Gasteiger partial charge in [0.15, 0.2) is 0 Å². The first-order valence-electron chi connectivity index (χ1n) is 0.730. The molecule has 28 valence electrons. The van der Waals surface area contributed by atoms with E-state index >= 15 is 0 Å². The molecular weight excluding hydrogens is 468 g/mol. The van der Waals surface area contributed by atoms with Crippen LogP contribution in [-0.2, 0) is 0 Å². The molecule has 0 aliphatic rings. The summed E-state index contributed by atoms with van der Waals surface area (Å²) in [5, 5.41) is 24.0. The van der Waals surface area contributed by atoms with E-state index in [9.17, 15) is 0 Å². The van der Waals surface area contributed by atoms with E-state index in [2.05, 4.69) is 0 Å². The van der Waals surface area contributed by atoms with Gasteiger partial charge >= 0.3 is 54.6 Å². The quantitative estimate of drug-likeness (QED) is 0.368. The van der Waals surface area contributed by atoms with Gasteiger partial charge in [0.1, 0.15) is 0 Å². The standard InChI is InChI=1S/BHO3.2Tl/c2-1(3)4;;/h2H;;/q-2;2*+1. The van der Waals surface area contributed by atoms with E-state index in [4.69, 9.17) is 15.1 Å². The molecule has 6 heavy (non-hydrogen) atoms. The average molecular weight is 469 g/mol. The van der Waals surface area contributed by atoms with E-state index in [1.54, 1.807) is 0 Å². The van der Waals surface area contributed by atoms with Crippen LogP contribution in [0.5, 0.6) is 0 Å². The molecule has 0 aromatic heterocycles. The fourth-order valence-corrected chi connectivity index (χ4v) is 0. The molecule has 0 heterocycles. The Morgan fingerprint density at radius 2 is 1.17 bits per heavy atom. The summed E-state index contributed by atoms with van der Waals surface area (Å²) < 4.78 is 0. The molecule has 0 amide bonds. The first-order chi connectivity index (χ1) is 1.73. The number of rotatable bonds is 0. The van der Waals surface area contributed by atoms with Crippen molar-refractivity contribution < 1.29 is 15.1 Å². The summed E-state index contributed by atoms with van der Waals surface area (Å²) in [6, 6.07) is 0. The van der Waals surface area contributed by atoms with Gasteiger partial charge in [0, 0.05) is 0 Å². The van der Waals surface area contributed by atoms with Gasteiger partial charge in [-0.15, -0.1) is 0 Å². The van der Waals surface area contributed by atoms with Gasteiger partial charge in [-0.1, -0.05) is 0 Å². The van der Waals surface area contributed by atoms with Crippen molar-refractivity contribution in [1.82, 2.24) is 0 Å². The van der Waals surface area contributed by atoms with Crippen LogP contribution >= 0.6 is 0 Å². The predicted octanol–water partition coefficient (Wildman–Crippen LogP) is -4.08. The van der Waals surface area contributed by atoms with Gasteiger partial charge in [-0.3, -0.25) is 0 Å². The number of hydrogen-bond donors (Lipinski definition) is 1. The summed E-state index contributed by atoms with van der Waals surface area (Å²) in [4.78, 5) is 0. The van der Waals surface area contributed by atoms with Crippen LogP contribution in [0.2, 0.25) is 0 Å². The Morgan fingerprint density at radius 1 is 1.17 bits per heavy atom. The SMILES string of the molecule is [O-]B([O-])O.[Tl+].[Tl+]. The van der Waals surface area contributed by atoms with E-state index in [1.807, 2.05) is 0 Å². The maximum absolute atomic E-state index is 8.53. The fourth-order valence-electron chi connectivity index (χ4n) is 0. The molecule has 0 aromatic rings. The van der Waals surface area contributed by atoms with Crippen molar-refractivity contribution in [3.05, 3.63) is 0 Å². The summed E-state index contributed by atoms with van der Waals surface area (Å²) in [5.74, 6) is 0. The molecule has 0 saturated carbocycles. The molecule has 0 rings (SSSR count). The Balaban J connectivity index is -0.0000000450. The minimum Gasteiger partial charge on any atom is -0.871 e. The second-order valence-electron chi connectivity index (χ2n) is 0.307. The van der Waals surface area contributed by atoms with Gasteiger partial charge < -0.3 is 15.1 Å². The van der Waals surface area contributed by atoms with E-state index in [0.717, 1.165) is 0 Å². The zero-order chi connectivity index (χ0) is 3.58. The molecule has 6 heteroatoms. The molecule has 0 atom stereocenters. The average Bonchev–Trinajstić information content (AvgIpc) is 0.811. The maximum atomic E-state index is 8.53. The van der Waals surface area contributed by atoms with Crippen LogP contribution in [0.15, 0.2) is 0 Å². The Labute approximate surface area is 76.2 Å². The van der Waals surface area contributed by atoms with Crippen molar-refractivity contribution in [1.29, 1.82) is 0 Å². The van der Waals surface area contributed by atoms with Crippen LogP contribution in [0.3, 0.4) is 0 Å². The topological polar surface area (TPSA) is 66.3 Å². The second kappa shape index (κ2) is 9.92. The van der Waals surface area contributed by atoms with Crippen molar-refractivity contribution >= 4 is 61.9 Å². The largest absolute Gasteiger partial charge is 1.00 e. The Morgan fingerprint density at radius 3 is 1.17 bits per heavy atom. The minimum atomic E-state index is -2.67. The van der Waals surface area contributed by atoms with Crippen LogP contribution in [0.25, 0.3) is 0 Å². The third-order valence-corrected chi connectivity index (χ3v) is 0. The molecule has 0 aliphatic carbocycles. The van der Waals surface area contributed by atoms with Crippen molar-refractivity contribution in [2.75, 3.05) is 0 Å². The zero-order valence-corrected chi connectivity index (χ0v) is 12.0. The third kappa shape index (κ3) is 41.5.